The van der Waals surface area contributed by atoms with E-state index < -0.39 is 0 Å². The maximum Gasteiger partial charge on any atom is 0.338 e. The molecular weight excluding hydrogens is 188 g/mol. The van der Waals surface area contributed by atoms with Crippen LogP contribution in [0.5, 0.6) is 0 Å². The van der Waals surface area contributed by atoms with E-state index in [1.54, 1.807) is 0 Å². The van der Waals surface area contributed by atoms with Crippen molar-refractivity contribution in [2.45, 2.75) is 39.7 Å². The van der Waals surface area contributed by atoms with E-state index in [2.05, 4.69) is 0 Å². The minimum Gasteiger partial charge on any atom is -0.458 e. The molecule has 1 aliphatic heterocycles. The fraction of sp³-hybridized carbons (Fsp3) is 0.462. The molecule has 1 atom stereocenters. The number of hydrogen-bond acceptors (Lipinski definition) is 2. The van der Waals surface area contributed by atoms with Gasteiger partial charge in [0.15, 0.2) is 0 Å². The molecule has 0 saturated heterocycles. The quantitative estimate of drug-likeness (QED) is 0.659. The van der Waals surface area contributed by atoms with Crippen LogP contribution in [0.2, 0.25) is 0 Å². The van der Waals surface area contributed by atoms with Gasteiger partial charge in [-0.15, -0.1) is 0 Å². The molecule has 0 bridgehead atoms. The molecule has 0 amide bonds. The number of esters is 1. The zero-order valence-electron chi connectivity index (χ0n) is 9.62. The topological polar surface area (TPSA) is 26.3 Å². The molecule has 0 N–H and O–H groups in total. The van der Waals surface area contributed by atoms with Gasteiger partial charge in [-0.1, -0.05) is 39.0 Å². The van der Waals surface area contributed by atoms with E-state index in [0.717, 1.165) is 24.0 Å². The molecule has 0 aromatic heterocycles. The van der Waals surface area contributed by atoms with E-state index >= 15 is 0 Å². The van der Waals surface area contributed by atoms with Crippen molar-refractivity contribution in [3.8, 4) is 0 Å². The van der Waals surface area contributed by atoms with Crippen LogP contribution in [0.25, 0.3) is 0 Å². The zero-order chi connectivity index (χ0) is 11.3. The van der Waals surface area contributed by atoms with Crippen molar-refractivity contribution in [2.24, 2.45) is 0 Å². The average Bonchev–Trinajstić information content (AvgIpc) is 2.31. The Morgan fingerprint density at radius 3 is 2.67 bits per heavy atom. The van der Waals surface area contributed by atoms with Crippen LogP contribution >= 0.6 is 0 Å². The van der Waals surface area contributed by atoms with Crippen molar-refractivity contribution in [3.63, 3.8) is 0 Å². The molecular formula is C13H18O2. The zero-order valence-corrected chi connectivity index (χ0v) is 9.62. The van der Waals surface area contributed by atoms with E-state index in [9.17, 15) is 4.79 Å². The van der Waals surface area contributed by atoms with Gasteiger partial charge < -0.3 is 4.74 Å². The number of carbonyl (C=O) groups is 1. The van der Waals surface area contributed by atoms with Crippen molar-refractivity contribution < 1.29 is 9.53 Å². The van der Waals surface area contributed by atoms with Gasteiger partial charge in [0.2, 0.25) is 0 Å². The standard InChI is InChI=1S/C11H12O2.C2H6/c1-2-9-7-8-5-3-4-6-10(8)11(12)13-9;1-2/h3-6,9H,2,7H2,1H3;1-2H3. The summed E-state index contributed by atoms with van der Waals surface area (Å²) in [7, 11) is 0. The van der Waals surface area contributed by atoms with Crippen LogP contribution in [0.1, 0.15) is 43.1 Å². The Morgan fingerprint density at radius 2 is 2.00 bits per heavy atom. The van der Waals surface area contributed by atoms with Crippen LogP contribution in [0.15, 0.2) is 24.3 Å². The van der Waals surface area contributed by atoms with Crippen LogP contribution in [-0.2, 0) is 11.2 Å². The van der Waals surface area contributed by atoms with E-state index in [1.807, 2.05) is 45.0 Å². The fourth-order valence-corrected chi connectivity index (χ4v) is 1.63. The van der Waals surface area contributed by atoms with E-state index in [4.69, 9.17) is 4.74 Å². The smallest absolute Gasteiger partial charge is 0.338 e. The summed E-state index contributed by atoms with van der Waals surface area (Å²) in [6, 6.07) is 7.65. The van der Waals surface area contributed by atoms with Crippen LogP contribution in [0.4, 0.5) is 0 Å². The van der Waals surface area contributed by atoms with Gasteiger partial charge in [-0.25, -0.2) is 4.79 Å². The molecule has 0 aliphatic carbocycles. The highest BCUT2D eigenvalue weighted by Gasteiger charge is 2.24. The summed E-state index contributed by atoms with van der Waals surface area (Å²) in [6.45, 7) is 6.03. The van der Waals surface area contributed by atoms with Gasteiger partial charge in [-0.3, -0.25) is 0 Å². The first-order valence-electron chi connectivity index (χ1n) is 5.60. The molecule has 1 aromatic carbocycles. The van der Waals surface area contributed by atoms with Crippen LogP contribution < -0.4 is 0 Å². The second-order valence-corrected chi connectivity index (χ2v) is 3.30. The molecule has 2 rings (SSSR count). The summed E-state index contributed by atoms with van der Waals surface area (Å²) in [5.74, 6) is -0.172. The molecule has 1 heterocycles. The minimum absolute atomic E-state index is 0.0717. The molecule has 2 heteroatoms. The molecule has 0 radical (unpaired) electrons. The average molecular weight is 206 g/mol. The Bertz CT molecular complexity index is 331. The lowest BCUT2D eigenvalue weighted by molar-refractivity contribution is 0.0249. The van der Waals surface area contributed by atoms with E-state index in [-0.39, 0.29) is 12.1 Å². The van der Waals surface area contributed by atoms with Crippen molar-refractivity contribution in [3.05, 3.63) is 35.4 Å². The molecule has 0 spiro atoms. The maximum absolute atomic E-state index is 11.4. The minimum atomic E-state index is -0.172. The first-order valence-corrected chi connectivity index (χ1v) is 5.60. The molecule has 1 unspecified atom stereocenters. The largest absolute Gasteiger partial charge is 0.458 e. The summed E-state index contributed by atoms with van der Waals surface area (Å²) in [5.41, 5.74) is 1.85. The van der Waals surface area contributed by atoms with Crippen molar-refractivity contribution >= 4 is 5.97 Å². The first kappa shape index (κ1) is 11.8. The van der Waals surface area contributed by atoms with Gasteiger partial charge in [-0.2, -0.15) is 0 Å². The van der Waals surface area contributed by atoms with Gasteiger partial charge in [0, 0.05) is 6.42 Å². The Labute approximate surface area is 91.3 Å². The molecule has 15 heavy (non-hydrogen) atoms. The number of benzene rings is 1. The third-order valence-electron chi connectivity index (χ3n) is 2.41. The summed E-state index contributed by atoms with van der Waals surface area (Å²) in [6.07, 6.45) is 1.82. The number of cyclic esters (lactones) is 1. The highest BCUT2D eigenvalue weighted by molar-refractivity contribution is 5.92. The van der Waals surface area contributed by atoms with Crippen molar-refractivity contribution in [1.29, 1.82) is 0 Å². The molecule has 1 aliphatic rings. The highest BCUT2D eigenvalue weighted by atomic mass is 16.5. The first-order chi connectivity index (χ1) is 7.31. The third kappa shape index (κ3) is 2.58. The fourth-order valence-electron chi connectivity index (χ4n) is 1.63. The Kier molecular flexibility index (Phi) is 4.35. The molecule has 0 fully saturated rings. The van der Waals surface area contributed by atoms with Crippen LogP contribution in [-0.4, -0.2) is 12.1 Å². The Hall–Kier alpha value is -1.31. The molecule has 2 nitrogen and oxygen atoms in total. The second-order valence-electron chi connectivity index (χ2n) is 3.30. The SMILES string of the molecule is CC.CCC1Cc2ccccc2C(=O)O1. The monoisotopic (exact) mass is 206 g/mol. The molecule has 0 saturated carbocycles. The Balaban J connectivity index is 0.000000531. The van der Waals surface area contributed by atoms with Gasteiger partial charge in [0.25, 0.3) is 0 Å². The van der Waals surface area contributed by atoms with E-state index in [0.29, 0.717) is 0 Å². The maximum atomic E-state index is 11.4. The second kappa shape index (κ2) is 5.54. The van der Waals surface area contributed by atoms with Crippen molar-refractivity contribution in [2.75, 3.05) is 0 Å². The number of carbonyl (C=O) groups excluding carboxylic acids is 1. The summed E-state index contributed by atoms with van der Waals surface area (Å²) < 4.78 is 5.22. The van der Waals surface area contributed by atoms with Crippen molar-refractivity contribution in [1.82, 2.24) is 0 Å². The summed E-state index contributed by atoms with van der Waals surface area (Å²) >= 11 is 0. The molecule has 1 aromatic rings. The van der Waals surface area contributed by atoms with E-state index in [1.165, 1.54) is 0 Å². The lowest BCUT2D eigenvalue weighted by Gasteiger charge is -2.23. The lowest BCUT2D eigenvalue weighted by atomic mass is 9.98. The Morgan fingerprint density at radius 1 is 1.33 bits per heavy atom. The number of hydrogen-bond donors (Lipinski definition) is 0. The van der Waals surface area contributed by atoms with Crippen LogP contribution in [0, 0.1) is 0 Å². The summed E-state index contributed by atoms with van der Waals surface area (Å²) in [4.78, 5) is 11.4. The number of fused-ring (bicyclic) bond motifs is 1. The van der Waals surface area contributed by atoms with Gasteiger partial charge in [-0.05, 0) is 18.1 Å². The predicted octanol–water partition coefficient (Wildman–Crippen LogP) is 3.20. The van der Waals surface area contributed by atoms with Gasteiger partial charge in [0.05, 0.1) is 5.56 Å². The van der Waals surface area contributed by atoms with Gasteiger partial charge in [0.1, 0.15) is 6.10 Å². The molecule has 82 valence electrons. The van der Waals surface area contributed by atoms with Gasteiger partial charge >= 0.3 is 5.97 Å². The number of rotatable bonds is 1. The number of ether oxygens (including phenoxy) is 1. The highest BCUT2D eigenvalue weighted by Crippen LogP contribution is 2.21. The summed E-state index contributed by atoms with van der Waals surface area (Å²) in [5, 5.41) is 0. The van der Waals surface area contributed by atoms with Crippen LogP contribution in [0.3, 0.4) is 0 Å². The third-order valence-corrected chi connectivity index (χ3v) is 2.41. The lowest BCUT2D eigenvalue weighted by Crippen LogP contribution is -2.26. The normalized spacial score (nSPS) is 18.3. The predicted molar refractivity (Wildman–Crippen MR) is 61.0 cm³/mol.